The van der Waals surface area contributed by atoms with E-state index in [0.29, 0.717) is 6.61 Å². The van der Waals surface area contributed by atoms with Gasteiger partial charge in [-0.15, -0.1) is 0 Å². The molecule has 0 aliphatic rings. The summed E-state index contributed by atoms with van der Waals surface area (Å²) in [6, 6.07) is 10.1. The van der Waals surface area contributed by atoms with E-state index in [0.717, 1.165) is 50.4 Å². The predicted molar refractivity (Wildman–Crippen MR) is 103 cm³/mol. The molecule has 0 amide bonds. The number of hydrogen-bond donors (Lipinski definition) is 2. The average molecular weight is 335 g/mol. The second kappa shape index (κ2) is 5.93. The molecule has 25 heavy (non-hydrogen) atoms. The molecule has 0 bridgehead atoms. The van der Waals surface area contributed by atoms with Gasteiger partial charge in [-0.05, 0) is 61.6 Å². The third-order valence-corrected chi connectivity index (χ3v) is 4.60. The summed E-state index contributed by atoms with van der Waals surface area (Å²) in [6.45, 7) is 3.51. The van der Waals surface area contributed by atoms with Gasteiger partial charge >= 0.3 is 0 Å². The Labute approximate surface area is 145 Å². The molecule has 0 fully saturated rings. The fourth-order valence-electron chi connectivity index (χ4n) is 3.28. The highest BCUT2D eigenvalue weighted by atomic mass is 16.5. The molecule has 0 aliphatic carbocycles. The number of H-pyrrole nitrogens is 2. The van der Waals surface area contributed by atoms with Crippen molar-refractivity contribution in [3.63, 3.8) is 0 Å². The number of aromatic amines is 2. The Morgan fingerprint density at radius 2 is 1.96 bits per heavy atom. The Balaban J connectivity index is 1.89. The van der Waals surface area contributed by atoms with E-state index in [1.54, 1.807) is 6.20 Å². The lowest BCUT2D eigenvalue weighted by Gasteiger charge is -2.11. The van der Waals surface area contributed by atoms with Crippen LogP contribution in [0.2, 0.25) is 0 Å². The van der Waals surface area contributed by atoms with Crippen molar-refractivity contribution < 1.29 is 4.74 Å². The van der Waals surface area contributed by atoms with Crippen LogP contribution in [-0.2, 0) is 0 Å². The van der Waals surface area contributed by atoms with Crippen LogP contribution >= 0.6 is 0 Å². The van der Waals surface area contributed by atoms with Crippen LogP contribution in [0.15, 0.2) is 41.3 Å². The fraction of sp³-hybridized carbons (Fsp3) is 0.250. The lowest BCUT2D eigenvalue weighted by atomic mass is 10.0. The summed E-state index contributed by atoms with van der Waals surface area (Å²) in [5.74, 6) is 0.846. The largest absolute Gasteiger partial charge is 0.492 e. The highest BCUT2D eigenvalue weighted by Gasteiger charge is 2.13. The molecule has 0 radical (unpaired) electrons. The second-order valence-electron chi connectivity index (χ2n) is 6.70. The molecular weight excluding hydrogens is 314 g/mol. The zero-order chi connectivity index (χ0) is 17.6. The van der Waals surface area contributed by atoms with Crippen molar-refractivity contribution in [1.29, 1.82) is 0 Å². The Hall–Kier alpha value is -2.79. The SMILES string of the molecule is Cc1c[nH]c(=O)c2c1[nH]c1ccc3cc(OCCN(C)C)ccc3c12. The molecule has 5 heteroatoms. The van der Waals surface area contributed by atoms with E-state index in [1.807, 2.05) is 45.3 Å². The van der Waals surface area contributed by atoms with Crippen molar-refractivity contribution in [2.45, 2.75) is 6.92 Å². The van der Waals surface area contributed by atoms with Crippen molar-refractivity contribution in [2.24, 2.45) is 0 Å². The van der Waals surface area contributed by atoms with Gasteiger partial charge in [0, 0.05) is 23.6 Å². The molecule has 4 aromatic rings. The number of nitrogens with zero attached hydrogens (tertiary/aromatic N) is 1. The quantitative estimate of drug-likeness (QED) is 0.601. The molecule has 4 rings (SSSR count). The normalized spacial score (nSPS) is 11.8. The van der Waals surface area contributed by atoms with Crippen LogP contribution in [0.4, 0.5) is 0 Å². The zero-order valence-electron chi connectivity index (χ0n) is 14.6. The van der Waals surface area contributed by atoms with Crippen molar-refractivity contribution in [3.05, 3.63) is 52.4 Å². The van der Waals surface area contributed by atoms with Crippen LogP contribution in [-0.4, -0.2) is 42.1 Å². The molecule has 2 aromatic heterocycles. The van der Waals surface area contributed by atoms with Gasteiger partial charge in [0.1, 0.15) is 12.4 Å². The molecular formula is C20H21N3O2. The molecule has 5 nitrogen and oxygen atoms in total. The van der Waals surface area contributed by atoms with Crippen molar-refractivity contribution in [3.8, 4) is 5.75 Å². The van der Waals surface area contributed by atoms with Gasteiger partial charge in [0.15, 0.2) is 0 Å². The minimum absolute atomic E-state index is 0.0642. The van der Waals surface area contributed by atoms with Crippen molar-refractivity contribution in [2.75, 3.05) is 27.2 Å². The standard InChI is InChI=1S/C20H21N3O2/c1-12-11-21-20(24)18-17-15-6-5-14(25-9-8-23(2)3)10-13(15)4-7-16(17)22-19(12)18/h4-7,10-11,22H,8-9H2,1-3H3,(H,21,24). The minimum Gasteiger partial charge on any atom is -0.492 e. The summed E-state index contributed by atoms with van der Waals surface area (Å²) >= 11 is 0. The summed E-state index contributed by atoms with van der Waals surface area (Å²) in [7, 11) is 4.05. The maximum atomic E-state index is 12.4. The Bertz CT molecular complexity index is 1140. The Kier molecular flexibility index (Phi) is 3.73. The van der Waals surface area contributed by atoms with Crippen molar-refractivity contribution in [1.82, 2.24) is 14.9 Å². The summed E-state index contributed by atoms with van der Waals surface area (Å²) in [5, 5.41) is 3.82. The van der Waals surface area contributed by atoms with E-state index in [-0.39, 0.29) is 5.56 Å². The van der Waals surface area contributed by atoms with Gasteiger partial charge in [-0.25, -0.2) is 0 Å². The lowest BCUT2D eigenvalue weighted by molar-refractivity contribution is 0.261. The number of aryl methyl sites for hydroxylation is 1. The highest BCUT2D eigenvalue weighted by molar-refractivity contribution is 6.20. The topological polar surface area (TPSA) is 61.1 Å². The Morgan fingerprint density at radius 1 is 1.12 bits per heavy atom. The van der Waals surface area contributed by atoms with Gasteiger partial charge in [-0.2, -0.15) is 0 Å². The number of aromatic nitrogens is 2. The summed E-state index contributed by atoms with van der Waals surface area (Å²) in [4.78, 5) is 20.7. The molecule has 128 valence electrons. The van der Waals surface area contributed by atoms with Crippen LogP contribution in [0.3, 0.4) is 0 Å². The summed E-state index contributed by atoms with van der Waals surface area (Å²) in [5.41, 5.74) is 2.84. The molecule has 0 aliphatic heterocycles. The maximum absolute atomic E-state index is 12.4. The first-order valence-electron chi connectivity index (χ1n) is 8.38. The van der Waals surface area contributed by atoms with Gasteiger partial charge in [-0.1, -0.05) is 6.07 Å². The van der Waals surface area contributed by atoms with E-state index >= 15 is 0 Å². The van der Waals surface area contributed by atoms with E-state index in [4.69, 9.17) is 4.74 Å². The number of ether oxygens (including phenoxy) is 1. The summed E-state index contributed by atoms with van der Waals surface area (Å²) < 4.78 is 5.83. The smallest absolute Gasteiger partial charge is 0.258 e. The first-order valence-corrected chi connectivity index (χ1v) is 8.38. The van der Waals surface area contributed by atoms with E-state index in [9.17, 15) is 4.79 Å². The lowest BCUT2D eigenvalue weighted by Crippen LogP contribution is -2.19. The number of benzene rings is 2. The third kappa shape index (κ3) is 2.66. The number of nitrogens with one attached hydrogen (secondary N) is 2. The van der Waals surface area contributed by atoms with Gasteiger partial charge in [-0.3, -0.25) is 4.79 Å². The van der Waals surface area contributed by atoms with Crippen LogP contribution in [0.25, 0.3) is 32.6 Å². The molecule has 2 aromatic carbocycles. The van der Waals surface area contributed by atoms with E-state index in [2.05, 4.69) is 20.9 Å². The number of pyridine rings is 1. The van der Waals surface area contributed by atoms with Crippen LogP contribution in [0.1, 0.15) is 5.56 Å². The van der Waals surface area contributed by atoms with Gasteiger partial charge in [0.2, 0.25) is 0 Å². The first kappa shape index (κ1) is 15.7. The molecule has 0 saturated heterocycles. The average Bonchev–Trinajstić information content (AvgIpc) is 2.99. The van der Waals surface area contributed by atoms with Crippen molar-refractivity contribution >= 4 is 32.6 Å². The molecule has 0 atom stereocenters. The van der Waals surface area contributed by atoms with Gasteiger partial charge in [0.05, 0.1) is 10.9 Å². The van der Waals surface area contributed by atoms with Gasteiger partial charge < -0.3 is 19.6 Å². The molecule has 2 heterocycles. The third-order valence-electron chi connectivity index (χ3n) is 4.60. The number of rotatable bonds is 4. The molecule has 2 N–H and O–H groups in total. The predicted octanol–water partition coefficient (Wildman–Crippen LogP) is 3.41. The number of fused-ring (bicyclic) bond motifs is 5. The van der Waals surface area contributed by atoms with E-state index in [1.165, 1.54) is 0 Å². The van der Waals surface area contributed by atoms with Crippen LogP contribution in [0.5, 0.6) is 5.75 Å². The maximum Gasteiger partial charge on any atom is 0.258 e. The highest BCUT2D eigenvalue weighted by Crippen LogP contribution is 2.33. The zero-order valence-corrected chi connectivity index (χ0v) is 14.6. The minimum atomic E-state index is -0.0642. The monoisotopic (exact) mass is 335 g/mol. The first-order chi connectivity index (χ1) is 12.0. The van der Waals surface area contributed by atoms with Crippen LogP contribution in [0, 0.1) is 6.92 Å². The van der Waals surface area contributed by atoms with Gasteiger partial charge in [0.25, 0.3) is 5.56 Å². The van der Waals surface area contributed by atoms with E-state index < -0.39 is 0 Å². The number of hydrogen-bond acceptors (Lipinski definition) is 3. The second-order valence-corrected chi connectivity index (χ2v) is 6.70. The summed E-state index contributed by atoms with van der Waals surface area (Å²) in [6.07, 6.45) is 1.75. The Morgan fingerprint density at radius 3 is 2.76 bits per heavy atom. The fourth-order valence-corrected chi connectivity index (χ4v) is 3.28. The van der Waals surface area contributed by atoms with Crippen LogP contribution < -0.4 is 10.3 Å². The molecule has 0 unspecified atom stereocenters. The molecule has 0 spiro atoms. The molecule has 0 saturated carbocycles. The number of likely N-dealkylation sites (N-methyl/N-ethyl adjacent to an activating group) is 1.